The lowest BCUT2D eigenvalue weighted by Crippen LogP contribution is -2.34. The lowest BCUT2D eigenvalue weighted by atomic mass is 10.1. The Bertz CT molecular complexity index is 1590. The maximum absolute atomic E-state index is 12.8. The normalized spacial score (nSPS) is 11.4. The molecule has 2 amide bonds. The summed E-state index contributed by atoms with van der Waals surface area (Å²) in [6, 6.07) is 12.9. The number of carbonyl (C=O) groups is 1. The Morgan fingerprint density at radius 2 is 1.84 bits per heavy atom. The topological polar surface area (TPSA) is 130 Å². The van der Waals surface area contributed by atoms with Crippen LogP contribution in [0.5, 0.6) is 0 Å². The van der Waals surface area contributed by atoms with Gasteiger partial charge >= 0.3 is 11.7 Å². The zero-order chi connectivity index (χ0) is 23.0. The highest BCUT2D eigenvalue weighted by molar-refractivity contribution is 7.92. The highest BCUT2D eigenvalue weighted by atomic mass is 35.5. The van der Waals surface area contributed by atoms with Gasteiger partial charge < -0.3 is 10.3 Å². The van der Waals surface area contributed by atoms with Crippen LogP contribution in [0.25, 0.3) is 16.6 Å². The van der Waals surface area contributed by atoms with Crippen LogP contribution >= 0.6 is 22.9 Å². The zero-order valence-electron chi connectivity index (χ0n) is 16.4. The Kier molecular flexibility index (Phi) is 5.63. The minimum atomic E-state index is -4.07. The third-order valence-corrected chi connectivity index (χ3v) is 7.60. The number of H-pyrrole nitrogens is 1. The summed E-state index contributed by atoms with van der Waals surface area (Å²) >= 11 is 6.57. The Labute approximate surface area is 190 Å². The Morgan fingerprint density at radius 1 is 1.09 bits per heavy atom. The molecule has 0 atom stereocenters. The number of hydrogen-bond acceptors (Lipinski definition) is 6. The molecule has 0 aliphatic carbocycles. The molecule has 4 aromatic rings. The van der Waals surface area contributed by atoms with E-state index in [4.69, 9.17) is 11.6 Å². The predicted octanol–water partition coefficient (Wildman–Crippen LogP) is 3.21. The third-order valence-electron chi connectivity index (χ3n) is 4.54. The van der Waals surface area contributed by atoms with E-state index in [-0.39, 0.29) is 14.2 Å². The first kappa shape index (κ1) is 21.8. The van der Waals surface area contributed by atoms with E-state index >= 15 is 0 Å². The Balaban J connectivity index is 1.61. The summed E-state index contributed by atoms with van der Waals surface area (Å²) in [6.45, 7) is 1.66. The number of nitrogens with zero attached hydrogens (tertiary/aromatic N) is 1. The highest BCUT2D eigenvalue weighted by Gasteiger charge is 2.20. The van der Waals surface area contributed by atoms with Gasteiger partial charge in [-0.05, 0) is 55.0 Å². The van der Waals surface area contributed by atoms with Crippen molar-refractivity contribution in [1.82, 2.24) is 14.3 Å². The van der Waals surface area contributed by atoms with Crippen LogP contribution in [0.15, 0.2) is 68.4 Å². The van der Waals surface area contributed by atoms with Crippen molar-refractivity contribution in [3.63, 3.8) is 0 Å². The molecule has 0 aliphatic rings. The number of anilines is 1. The summed E-state index contributed by atoms with van der Waals surface area (Å²) in [6.07, 6.45) is 0. The van der Waals surface area contributed by atoms with Crippen LogP contribution in [0, 0.1) is 6.92 Å². The number of amides is 2. The fourth-order valence-electron chi connectivity index (χ4n) is 3.14. The molecule has 0 saturated heterocycles. The average molecular weight is 491 g/mol. The summed E-state index contributed by atoms with van der Waals surface area (Å²) in [5.74, 6) is 0. The van der Waals surface area contributed by atoms with Crippen LogP contribution in [0.1, 0.15) is 5.56 Å². The van der Waals surface area contributed by atoms with Crippen molar-refractivity contribution in [3.05, 3.63) is 85.3 Å². The largest absolute Gasteiger partial charge is 0.333 e. The van der Waals surface area contributed by atoms with Crippen LogP contribution in [0.2, 0.25) is 4.34 Å². The van der Waals surface area contributed by atoms with E-state index in [1.807, 2.05) is 4.72 Å². The smallest absolute Gasteiger partial charge is 0.307 e. The van der Waals surface area contributed by atoms with Gasteiger partial charge in [0, 0.05) is 5.69 Å². The first-order valence-electron chi connectivity index (χ1n) is 9.10. The number of aryl methyl sites for hydroxylation is 1. The number of halogens is 1. The van der Waals surface area contributed by atoms with Crippen LogP contribution in [-0.4, -0.2) is 24.0 Å². The molecular formula is C20H15ClN4O5S2. The maximum Gasteiger partial charge on any atom is 0.333 e. The van der Waals surface area contributed by atoms with Crippen LogP contribution in [0.3, 0.4) is 0 Å². The minimum Gasteiger partial charge on any atom is -0.307 e. The molecule has 0 unspecified atom stereocenters. The van der Waals surface area contributed by atoms with Gasteiger partial charge in [-0.2, -0.15) is 0 Å². The van der Waals surface area contributed by atoms with Crippen molar-refractivity contribution in [1.29, 1.82) is 0 Å². The second-order valence-electron chi connectivity index (χ2n) is 6.74. The van der Waals surface area contributed by atoms with Crippen LogP contribution < -0.4 is 21.3 Å². The SMILES string of the molecule is Cc1cc(NC(=O)NS(=O)(=O)c2ccc(Cl)s2)ccc1-n1c(=O)[nH]c2ccccc2c1=O. The molecule has 3 N–H and O–H groups in total. The number of rotatable bonds is 4. The number of nitrogens with one attached hydrogen (secondary N) is 3. The molecule has 2 heterocycles. The molecule has 0 aliphatic heterocycles. The van der Waals surface area contributed by atoms with E-state index in [1.165, 1.54) is 30.3 Å². The second kappa shape index (κ2) is 8.26. The molecule has 2 aromatic heterocycles. The maximum atomic E-state index is 12.8. The Morgan fingerprint density at radius 3 is 2.53 bits per heavy atom. The number of para-hydroxylation sites is 1. The molecule has 0 fully saturated rings. The van der Waals surface area contributed by atoms with Gasteiger partial charge in [-0.25, -0.2) is 27.3 Å². The van der Waals surface area contributed by atoms with Gasteiger partial charge in [0.25, 0.3) is 15.6 Å². The lowest BCUT2D eigenvalue weighted by Gasteiger charge is -2.12. The van der Waals surface area contributed by atoms with Crippen molar-refractivity contribution >= 4 is 55.6 Å². The summed E-state index contributed by atoms with van der Waals surface area (Å²) in [7, 11) is -4.07. The molecule has 4 rings (SSSR count). The zero-order valence-corrected chi connectivity index (χ0v) is 18.8. The van der Waals surface area contributed by atoms with Crippen LogP contribution in [-0.2, 0) is 10.0 Å². The fourth-order valence-corrected chi connectivity index (χ4v) is 5.53. The summed E-state index contributed by atoms with van der Waals surface area (Å²) in [5, 5.41) is 2.78. The number of aromatic nitrogens is 2. The molecule has 0 spiro atoms. The lowest BCUT2D eigenvalue weighted by molar-refractivity contribution is 0.256. The van der Waals surface area contributed by atoms with Gasteiger partial charge in [0.05, 0.1) is 20.9 Å². The first-order valence-corrected chi connectivity index (χ1v) is 11.8. The number of carbonyl (C=O) groups excluding carboxylic acids is 1. The molecule has 9 nitrogen and oxygen atoms in total. The van der Waals surface area contributed by atoms with Gasteiger partial charge in [-0.15, -0.1) is 11.3 Å². The highest BCUT2D eigenvalue weighted by Crippen LogP contribution is 2.25. The molecule has 12 heteroatoms. The fraction of sp³-hybridized carbons (Fsp3) is 0.0500. The number of hydrogen-bond donors (Lipinski definition) is 3. The predicted molar refractivity (Wildman–Crippen MR) is 124 cm³/mol. The van der Waals surface area contributed by atoms with E-state index < -0.39 is 27.3 Å². The summed E-state index contributed by atoms with van der Waals surface area (Å²) in [4.78, 5) is 40.2. The minimum absolute atomic E-state index is 0.0981. The van der Waals surface area contributed by atoms with Gasteiger partial charge in [-0.1, -0.05) is 23.7 Å². The number of aromatic amines is 1. The van der Waals surface area contributed by atoms with Gasteiger partial charge in [0.15, 0.2) is 0 Å². The molecule has 164 valence electrons. The molecule has 0 bridgehead atoms. The summed E-state index contributed by atoms with van der Waals surface area (Å²) in [5.41, 5.74) is 0.461. The first-order chi connectivity index (χ1) is 15.2. The van der Waals surface area contributed by atoms with E-state index in [9.17, 15) is 22.8 Å². The second-order valence-corrected chi connectivity index (χ2v) is 10.4. The number of fused-ring (bicyclic) bond motifs is 1. The van der Waals surface area contributed by atoms with Crippen molar-refractivity contribution in [3.8, 4) is 5.69 Å². The van der Waals surface area contributed by atoms with Crippen molar-refractivity contribution in [2.45, 2.75) is 11.1 Å². The number of urea groups is 1. The monoisotopic (exact) mass is 490 g/mol. The number of sulfonamides is 1. The molecule has 32 heavy (non-hydrogen) atoms. The average Bonchev–Trinajstić information content (AvgIpc) is 3.16. The van der Waals surface area contributed by atoms with E-state index in [0.717, 1.165) is 15.9 Å². The standard InChI is InChI=1S/C20H15ClN4O5S2/c1-11-10-12(22-19(27)24-32(29,30)17-9-8-16(21)31-17)6-7-15(11)25-18(26)13-4-2-3-5-14(13)23-20(25)28/h2-10H,1H3,(H,23,28)(H2,22,24,27). The quantitative estimate of drug-likeness (QED) is 0.404. The summed E-state index contributed by atoms with van der Waals surface area (Å²) < 4.78 is 27.6. The molecular weight excluding hydrogens is 476 g/mol. The van der Waals surface area contributed by atoms with Crippen molar-refractivity contribution < 1.29 is 13.2 Å². The molecule has 2 aromatic carbocycles. The van der Waals surface area contributed by atoms with E-state index in [2.05, 4.69) is 10.3 Å². The van der Waals surface area contributed by atoms with Gasteiger partial charge in [-0.3, -0.25) is 4.79 Å². The van der Waals surface area contributed by atoms with E-state index in [0.29, 0.717) is 22.2 Å². The number of benzene rings is 2. The molecule has 0 saturated carbocycles. The Hall–Kier alpha value is -3.41. The molecule has 0 radical (unpaired) electrons. The van der Waals surface area contributed by atoms with Gasteiger partial charge in [0.2, 0.25) is 0 Å². The van der Waals surface area contributed by atoms with E-state index in [1.54, 1.807) is 31.2 Å². The van der Waals surface area contributed by atoms with Crippen molar-refractivity contribution in [2.75, 3.05) is 5.32 Å². The van der Waals surface area contributed by atoms with Crippen molar-refractivity contribution in [2.24, 2.45) is 0 Å². The third kappa shape index (κ3) is 4.17. The van der Waals surface area contributed by atoms with Gasteiger partial charge in [0.1, 0.15) is 4.21 Å². The number of thiophene rings is 1. The van der Waals surface area contributed by atoms with Crippen LogP contribution in [0.4, 0.5) is 10.5 Å².